The molecule has 3 nitrogen and oxygen atoms in total. The number of hydrogen-bond donors (Lipinski definition) is 0. The number of halogens is 2. The lowest BCUT2D eigenvalue weighted by Crippen LogP contribution is -2.41. The first kappa shape index (κ1) is 17.0. The van der Waals surface area contributed by atoms with Gasteiger partial charge in [0.2, 0.25) is 6.23 Å². The Labute approximate surface area is 161 Å². The van der Waals surface area contributed by atoms with E-state index in [4.69, 9.17) is 27.9 Å². The highest BCUT2D eigenvalue weighted by atomic mass is 35.5. The van der Waals surface area contributed by atoms with Crippen LogP contribution in [-0.2, 0) is 6.54 Å². The third-order valence-corrected chi connectivity index (χ3v) is 4.83. The number of fused-ring (bicyclic) bond motifs is 1. The van der Waals surface area contributed by atoms with Crippen LogP contribution in [-0.4, -0.2) is 10.8 Å². The van der Waals surface area contributed by atoms with Crippen LogP contribution in [0.1, 0.15) is 27.7 Å². The van der Waals surface area contributed by atoms with E-state index in [1.807, 2.05) is 54.6 Å². The van der Waals surface area contributed by atoms with Crippen LogP contribution in [0.2, 0.25) is 10.0 Å². The van der Waals surface area contributed by atoms with Crippen LogP contribution in [0.5, 0.6) is 5.75 Å². The number of benzene rings is 3. The van der Waals surface area contributed by atoms with Gasteiger partial charge >= 0.3 is 0 Å². The maximum atomic E-state index is 13.1. The molecule has 3 aromatic carbocycles. The molecule has 5 heteroatoms. The van der Waals surface area contributed by atoms with Crippen molar-refractivity contribution in [2.24, 2.45) is 0 Å². The average molecular weight is 384 g/mol. The fraction of sp³-hybridized carbons (Fsp3) is 0.0952. The predicted octanol–water partition coefficient (Wildman–Crippen LogP) is 5.73. The second kappa shape index (κ2) is 7.02. The van der Waals surface area contributed by atoms with Gasteiger partial charge in [-0.25, -0.2) is 0 Å². The maximum absolute atomic E-state index is 13.1. The van der Waals surface area contributed by atoms with E-state index < -0.39 is 6.23 Å². The van der Waals surface area contributed by atoms with Gasteiger partial charge in [0.05, 0.1) is 5.56 Å². The predicted molar refractivity (Wildman–Crippen MR) is 103 cm³/mol. The number of para-hydroxylation sites is 1. The molecule has 0 spiro atoms. The minimum atomic E-state index is -0.523. The average Bonchev–Trinajstić information content (AvgIpc) is 2.66. The number of carbonyl (C=O) groups is 1. The van der Waals surface area contributed by atoms with Crippen LogP contribution in [0, 0.1) is 0 Å². The molecule has 0 fully saturated rings. The molecule has 1 amide bonds. The van der Waals surface area contributed by atoms with E-state index >= 15 is 0 Å². The van der Waals surface area contributed by atoms with Crippen molar-refractivity contribution >= 4 is 29.1 Å². The van der Waals surface area contributed by atoms with Crippen molar-refractivity contribution in [3.8, 4) is 5.75 Å². The van der Waals surface area contributed by atoms with Crippen molar-refractivity contribution in [3.63, 3.8) is 0 Å². The van der Waals surface area contributed by atoms with E-state index in [0.717, 1.165) is 11.1 Å². The van der Waals surface area contributed by atoms with Gasteiger partial charge in [-0.3, -0.25) is 9.69 Å². The number of hydrogen-bond acceptors (Lipinski definition) is 2. The van der Waals surface area contributed by atoms with Crippen LogP contribution >= 0.6 is 23.2 Å². The van der Waals surface area contributed by atoms with Crippen LogP contribution in [0.25, 0.3) is 0 Å². The van der Waals surface area contributed by atoms with E-state index in [2.05, 4.69) is 0 Å². The molecule has 4 rings (SSSR count). The lowest BCUT2D eigenvalue weighted by molar-refractivity contribution is 0.00472. The van der Waals surface area contributed by atoms with Gasteiger partial charge in [0.1, 0.15) is 5.75 Å². The lowest BCUT2D eigenvalue weighted by Gasteiger charge is -2.37. The first-order valence-electron chi connectivity index (χ1n) is 8.18. The number of carbonyl (C=O) groups excluding carboxylic acids is 1. The monoisotopic (exact) mass is 383 g/mol. The van der Waals surface area contributed by atoms with E-state index in [0.29, 0.717) is 27.9 Å². The standard InChI is InChI=1S/C21H15Cl2NO2/c22-16-9-5-14(6-10-16)13-24-20(25)18-3-1-2-4-19(18)26-21(24)15-7-11-17(23)12-8-15/h1-12,21H,13H2. The number of nitrogens with zero attached hydrogens (tertiary/aromatic N) is 1. The summed E-state index contributed by atoms with van der Waals surface area (Å²) in [6.07, 6.45) is -0.523. The zero-order valence-electron chi connectivity index (χ0n) is 13.7. The van der Waals surface area contributed by atoms with Crippen LogP contribution in [0.4, 0.5) is 0 Å². The molecule has 0 radical (unpaired) electrons. The fourth-order valence-electron chi connectivity index (χ4n) is 3.01. The van der Waals surface area contributed by atoms with Crippen molar-refractivity contribution in [2.75, 3.05) is 0 Å². The molecule has 1 aliphatic rings. The van der Waals surface area contributed by atoms with Crippen molar-refractivity contribution < 1.29 is 9.53 Å². The summed E-state index contributed by atoms with van der Waals surface area (Å²) in [6, 6.07) is 22.1. The Balaban J connectivity index is 1.74. The Morgan fingerprint density at radius 1 is 0.846 bits per heavy atom. The van der Waals surface area contributed by atoms with Gasteiger partial charge in [-0.1, -0.05) is 59.6 Å². The van der Waals surface area contributed by atoms with E-state index in [-0.39, 0.29) is 5.91 Å². The van der Waals surface area contributed by atoms with Crippen molar-refractivity contribution in [1.82, 2.24) is 4.90 Å². The summed E-state index contributed by atoms with van der Waals surface area (Å²) in [5.74, 6) is 0.520. The molecule has 1 aliphatic heterocycles. The maximum Gasteiger partial charge on any atom is 0.261 e. The Hall–Kier alpha value is -2.49. The van der Waals surface area contributed by atoms with Gasteiger partial charge < -0.3 is 4.74 Å². The summed E-state index contributed by atoms with van der Waals surface area (Å²) in [4.78, 5) is 14.8. The van der Waals surface area contributed by atoms with Crippen molar-refractivity contribution in [3.05, 3.63) is 99.5 Å². The molecule has 1 atom stereocenters. The highest BCUT2D eigenvalue weighted by molar-refractivity contribution is 6.30. The second-order valence-electron chi connectivity index (χ2n) is 6.08. The van der Waals surface area contributed by atoms with Gasteiger partial charge in [-0.15, -0.1) is 0 Å². The minimum Gasteiger partial charge on any atom is -0.465 e. The summed E-state index contributed by atoms with van der Waals surface area (Å²) < 4.78 is 6.17. The van der Waals surface area contributed by atoms with Crippen LogP contribution in [0.3, 0.4) is 0 Å². The molecule has 0 N–H and O–H groups in total. The summed E-state index contributed by atoms with van der Waals surface area (Å²) in [5.41, 5.74) is 2.41. The second-order valence-corrected chi connectivity index (χ2v) is 6.95. The third kappa shape index (κ3) is 3.28. The quantitative estimate of drug-likeness (QED) is 0.578. The third-order valence-electron chi connectivity index (χ3n) is 4.32. The summed E-state index contributed by atoms with van der Waals surface area (Å²) >= 11 is 12.0. The molecular formula is C21H15Cl2NO2. The SMILES string of the molecule is O=C1c2ccccc2OC(c2ccc(Cl)cc2)N1Cc1ccc(Cl)cc1. The van der Waals surface area contributed by atoms with E-state index in [9.17, 15) is 4.79 Å². The Kier molecular flexibility index (Phi) is 4.58. The minimum absolute atomic E-state index is 0.0678. The fourth-order valence-corrected chi connectivity index (χ4v) is 3.26. The zero-order valence-corrected chi connectivity index (χ0v) is 15.2. The molecule has 1 unspecified atom stereocenters. The summed E-state index contributed by atoms with van der Waals surface area (Å²) in [6.45, 7) is 0.414. The first-order valence-corrected chi connectivity index (χ1v) is 8.94. The smallest absolute Gasteiger partial charge is 0.261 e. The Morgan fingerprint density at radius 3 is 2.15 bits per heavy atom. The first-order chi connectivity index (χ1) is 12.6. The van der Waals surface area contributed by atoms with E-state index in [1.54, 1.807) is 23.1 Å². The topological polar surface area (TPSA) is 29.5 Å². The highest BCUT2D eigenvalue weighted by Crippen LogP contribution is 2.36. The van der Waals surface area contributed by atoms with Gasteiger partial charge in [0.15, 0.2) is 0 Å². The van der Waals surface area contributed by atoms with Gasteiger partial charge in [0, 0.05) is 22.2 Å². The molecule has 0 aliphatic carbocycles. The molecular weight excluding hydrogens is 369 g/mol. The Morgan fingerprint density at radius 2 is 1.46 bits per heavy atom. The van der Waals surface area contributed by atoms with Crippen molar-refractivity contribution in [2.45, 2.75) is 12.8 Å². The van der Waals surface area contributed by atoms with Gasteiger partial charge in [-0.2, -0.15) is 0 Å². The highest BCUT2D eigenvalue weighted by Gasteiger charge is 2.34. The zero-order chi connectivity index (χ0) is 18.1. The number of ether oxygens (including phenoxy) is 1. The van der Waals surface area contributed by atoms with Gasteiger partial charge in [-0.05, 0) is 42.0 Å². The molecule has 0 bridgehead atoms. The number of amides is 1. The normalized spacial score (nSPS) is 16.2. The molecule has 0 saturated carbocycles. The lowest BCUT2D eigenvalue weighted by atomic mass is 10.1. The summed E-state index contributed by atoms with van der Waals surface area (Å²) in [7, 11) is 0. The summed E-state index contributed by atoms with van der Waals surface area (Å²) in [5, 5.41) is 1.30. The Bertz CT molecular complexity index is 939. The molecule has 3 aromatic rings. The molecule has 0 aromatic heterocycles. The number of rotatable bonds is 3. The molecule has 1 heterocycles. The molecule has 26 heavy (non-hydrogen) atoms. The molecule has 0 saturated heterocycles. The van der Waals surface area contributed by atoms with Crippen molar-refractivity contribution in [1.29, 1.82) is 0 Å². The van der Waals surface area contributed by atoms with Gasteiger partial charge in [0.25, 0.3) is 5.91 Å². The van der Waals surface area contributed by atoms with E-state index in [1.165, 1.54) is 0 Å². The largest absolute Gasteiger partial charge is 0.465 e. The van der Waals surface area contributed by atoms with Crippen LogP contribution < -0.4 is 4.74 Å². The molecule has 130 valence electrons. The van der Waals surface area contributed by atoms with Crippen LogP contribution in [0.15, 0.2) is 72.8 Å².